The fourth-order valence-electron chi connectivity index (χ4n) is 5.79. The molecule has 2 saturated heterocycles. The first-order valence-electron chi connectivity index (χ1n) is 26.8. The molecule has 0 unspecified atom stereocenters. The van der Waals surface area contributed by atoms with Crippen molar-refractivity contribution in [1.82, 2.24) is 0 Å². The molecule has 10 nitrogen and oxygen atoms in total. The SMILES string of the molecule is C1CCOC1.C1CCOC1.CC(C)[N-]C(C)C.CC(C)[N-]C(C)C.CC(C)[N-]C(C)C.CC(C)[N-]C(C)C.CC(C)[N-]C(C)C.CC(C)[N-]C(C)C.CC(C)[N-]C(C)C.CC(C)[N-]C(C)C.[Li+].[Li+].[Y+3].[Y+3]. The van der Waals surface area contributed by atoms with Crippen molar-refractivity contribution < 1.29 is 113 Å². The number of hydrogen-bond donors (Lipinski definition) is 0. The minimum atomic E-state index is 0. The molecule has 0 aliphatic carbocycles. The van der Waals surface area contributed by atoms with Gasteiger partial charge in [0.2, 0.25) is 0 Å². The Hall–Kier alpha value is 3.00. The maximum Gasteiger partial charge on any atom is 3.00 e. The molecule has 0 radical (unpaired) electrons. The van der Waals surface area contributed by atoms with Crippen molar-refractivity contribution >= 4 is 0 Å². The van der Waals surface area contributed by atoms with Crippen molar-refractivity contribution in [2.24, 2.45) is 0 Å². The zero-order chi connectivity index (χ0) is 54.0. The van der Waals surface area contributed by atoms with E-state index >= 15 is 0 Å². The van der Waals surface area contributed by atoms with E-state index in [0.717, 1.165) is 26.4 Å². The number of nitrogens with zero attached hydrogens (tertiary/aromatic N) is 8. The van der Waals surface area contributed by atoms with Gasteiger partial charge in [0.25, 0.3) is 0 Å². The average Bonchev–Trinajstić information content (AvgIpc) is 3.82. The van der Waals surface area contributed by atoms with Crippen molar-refractivity contribution in [3.8, 4) is 0 Å². The van der Waals surface area contributed by atoms with E-state index in [0.29, 0.717) is 96.7 Å². The molecule has 0 amide bonds. The van der Waals surface area contributed by atoms with E-state index in [9.17, 15) is 0 Å². The van der Waals surface area contributed by atoms with E-state index < -0.39 is 0 Å². The largest absolute Gasteiger partial charge is 3.00 e. The molecule has 70 heavy (non-hydrogen) atoms. The Morgan fingerprint density at radius 2 is 0.257 bits per heavy atom. The van der Waals surface area contributed by atoms with E-state index in [4.69, 9.17) is 9.47 Å². The molecule has 14 heteroatoms. The third-order valence-corrected chi connectivity index (χ3v) is 6.42. The number of ether oxygens (including phenoxy) is 2. The molecule has 2 rings (SSSR count). The first-order chi connectivity index (χ1) is 30.0. The average molecular weight is 1140 g/mol. The molecule has 0 aromatic carbocycles. The fraction of sp³-hybridized carbons (Fsp3) is 1.00. The Bertz CT molecular complexity index is 590. The van der Waals surface area contributed by atoms with E-state index in [2.05, 4.69) is 264 Å². The van der Waals surface area contributed by atoms with Gasteiger partial charge in [0.15, 0.2) is 0 Å². The van der Waals surface area contributed by atoms with E-state index in [1.54, 1.807) is 0 Å². The second kappa shape index (κ2) is 76.2. The quantitative estimate of drug-likeness (QED) is 0.143. The van der Waals surface area contributed by atoms with Gasteiger partial charge in [-0.25, -0.2) is 0 Å². The van der Waals surface area contributed by atoms with Crippen molar-refractivity contribution in [3.63, 3.8) is 0 Å². The third-order valence-electron chi connectivity index (χ3n) is 6.42. The van der Waals surface area contributed by atoms with Crippen LogP contribution in [-0.4, -0.2) is 123 Å². The van der Waals surface area contributed by atoms with Gasteiger partial charge in [-0.15, -0.1) is 96.7 Å². The van der Waals surface area contributed by atoms with Crippen molar-refractivity contribution in [1.29, 1.82) is 0 Å². The second-order valence-corrected chi connectivity index (χ2v) is 21.3. The molecular formula is C56H128Li2N8O2Y2. The van der Waals surface area contributed by atoms with Crippen LogP contribution in [0.25, 0.3) is 42.5 Å². The summed E-state index contributed by atoms with van der Waals surface area (Å²) < 4.78 is 9.89. The Balaban J connectivity index is -0.0000000531. The van der Waals surface area contributed by atoms with Crippen LogP contribution < -0.4 is 37.7 Å². The van der Waals surface area contributed by atoms with E-state index in [1.807, 2.05) is 0 Å². The van der Waals surface area contributed by atoms with Crippen molar-refractivity contribution in [3.05, 3.63) is 42.5 Å². The Kier molecular flexibility index (Phi) is 111. The first kappa shape index (κ1) is 102. The molecule has 0 spiro atoms. The van der Waals surface area contributed by atoms with Gasteiger partial charge in [-0.2, -0.15) is 0 Å². The molecule has 412 valence electrons. The summed E-state index contributed by atoms with van der Waals surface area (Å²) in [6, 6.07) is 8.00. The Morgan fingerprint density at radius 3 is 0.271 bits per heavy atom. The summed E-state index contributed by atoms with van der Waals surface area (Å²) in [5.41, 5.74) is 0. The van der Waals surface area contributed by atoms with Crippen LogP contribution >= 0.6 is 0 Å². The number of rotatable bonds is 16. The van der Waals surface area contributed by atoms with Gasteiger partial charge in [-0.3, -0.25) is 0 Å². The molecule has 2 aliphatic heterocycles. The van der Waals surface area contributed by atoms with Crippen LogP contribution in [-0.2, 0) is 74.9 Å². The van der Waals surface area contributed by atoms with Crippen LogP contribution in [0.5, 0.6) is 0 Å². The standard InChI is InChI=1S/8C6H14N.2C4H8O.2Li.2Y/c8*1-5(2)7-6(3)4;2*1-2-4-5-3-1;;;;/h8*5-6H,1-4H3;2*1-4H2;;;;/q8*-1;;;2*+1;2*+3. The maximum atomic E-state index is 4.94. The monoisotopic (exact) mass is 1140 g/mol. The summed E-state index contributed by atoms with van der Waals surface area (Å²) in [5, 5.41) is 34.2. The first-order valence-corrected chi connectivity index (χ1v) is 26.8. The van der Waals surface area contributed by atoms with Crippen LogP contribution in [0.4, 0.5) is 0 Å². The molecule has 2 aliphatic rings. The molecule has 2 heterocycles. The molecule has 0 N–H and O–H groups in total. The molecule has 0 bridgehead atoms. The summed E-state index contributed by atoms with van der Waals surface area (Å²) in [6.45, 7) is 71.1. The van der Waals surface area contributed by atoms with Gasteiger partial charge in [0.1, 0.15) is 0 Å². The predicted octanol–water partition coefficient (Wildman–Crippen LogP) is 13.0. The smallest absolute Gasteiger partial charge is 0.658 e. The summed E-state index contributed by atoms with van der Waals surface area (Å²) in [7, 11) is 0. The summed E-state index contributed by atoms with van der Waals surface area (Å²) in [6.07, 6.45) is 5.11. The van der Waals surface area contributed by atoms with Crippen LogP contribution in [0.3, 0.4) is 0 Å². The molecule has 0 saturated carbocycles. The summed E-state index contributed by atoms with van der Waals surface area (Å²) in [5.74, 6) is 0. The van der Waals surface area contributed by atoms with Gasteiger partial charge < -0.3 is 52.0 Å². The van der Waals surface area contributed by atoms with Crippen LogP contribution in [0.2, 0.25) is 0 Å². The minimum Gasteiger partial charge on any atom is -0.658 e. The molecule has 2 fully saturated rings. The van der Waals surface area contributed by atoms with E-state index in [-0.39, 0.29) is 103 Å². The van der Waals surface area contributed by atoms with Gasteiger partial charge in [-0.1, -0.05) is 222 Å². The summed E-state index contributed by atoms with van der Waals surface area (Å²) >= 11 is 0. The van der Waals surface area contributed by atoms with Crippen LogP contribution in [0.15, 0.2) is 0 Å². The molecule has 0 aromatic rings. The Morgan fingerprint density at radius 1 is 0.186 bits per heavy atom. The normalized spacial score (nSPS) is 12.3. The van der Waals surface area contributed by atoms with E-state index in [1.165, 1.54) is 25.7 Å². The second-order valence-electron chi connectivity index (χ2n) is 21.3. The van der Waals surface area contributed by atoms with Crippen molar-refractivity contribution in [2.45, 2.75) is 344 Å². The van der Waals surface area contributed by atoms with Gasteiger partial charge in [-0.05, 0) is 25.7 Å². The van der Waals surface area contributed by atoms with Gasteiger partial charge in [0.05, 0.1) is 0 Å². The zero-order valence-corrected chi connectivity index (χ0v) is 60.1. The Labute approximate surface area is 520 Å². The predicted molar refractivity (Wildman–Crippen MR) is 309 cm³/mol. The fourth-order valence-corrected chi connectivity index (χ4v) is 5.79. The van der Waals surface area contributed by atoms with Crippen LogP contribution in [0, 0.1) is 0 Å². The van der Waals surface area contributed by atoms with Crippen LogP contribution in [0.1, 0.15) is 247 Å². The summed E-state index contributed by atoms with van der Waals surface area (Å²) in [4.78, 5) is 0. The molecular weight excluding hydrogens is 1010 g/mol. The maximum absolute atomic E-state index is 4.94. The minimum absolute atomic E-state index is 0. The van der Waals surface area contributed by atoms with Gasteiger partial charge in [0, 0.05) is 26.4 Å². The molecule has 0 aromatic heterocycles. The third kappa shape index (κ3) is 172. The zero-order valence-electron chi connectivity index (χ0n) is 54.4. The number of hydrogen-bond acceptors (Lipinski definition) is 2. The van der Waals surface area contributed by atoms with Gasteiger partial charge >= 0.3 is 103 Å². The molecule has 0 atom stereocenters. The van der Waals surface area contributed by atoms with Crippen molar-refractivity contribution in [2.75, 3.05) is 26.4 Å². The topological polar surface area (TPSA) is 131 Å².